The van der Waals surface area contributed by atoms with E-state index in [2.05, 4.69) is 30.2 Å². The molecule has 1 amide bonds. The summed E-state index contributed by atoms with van der Waals surface area (Å²) in [5.74, 6) is -0.819. The highest BCUT2D eigenvalue weighted by molar-refractivity contribution is 6.11. The Balaban J connectivity index is 1.73. The lowest BCUT2D eigenvalue weighted by Gasteiger charge is -2.04. The minimum Gasteiger partial charge on any atom is -0.314 e. The number of rotatable bonds is 4. The van der Waals surface area contributed by atoms with Gasteiger partial charge in [-0.25, -0.2) is 23.9 Å². The third-order valence-electron chi connectivity index (χ3n) is 4.05. The number of anilines is 1. The second-order valence-corrected chi connectivity index (χ2v) is 5.79. The van der Waals surface area contributed by atoms with Gasteiger partial charge in [0.05, 0.1) is 18.5 Å². The summed E-state index contributed by atoms with van der Waals surface area (Å²) in [5.41, 5.74) is 1.10. The fourth-order valence-corrected chi connectivity index (χ4v) is 2.74. The summed E-state index contributed by atoms with van der Waals surface area (Å²) < 4.78 is 15.5. The number of halogens is 1. The van der Waals surface area contributed by atoms with E-state index in [1.165, 1.54) is 23.3 Å². The number of pyridine rings is 1. The van der Waals surface area contributed by atoms with Crippen molar-refractivity contribution in [2.24, 2.45) is 0 Å². The van der Waals surface area contributed by atoms with Crippen LogP contribution in [0, 0.1) is 12.4 Å². The fourth-order valence-electron chi connectivity index (χ4n) is 2.74. The van der Waals surface area contributed by atoms with E-state index in [0.29, 0.717) is 16.6 Å². The lowest BCUT2D eigenvalue weighted by Crippen LogP contribution is -2.15. The number of amides is 1. The van der Waals surface area contributed by atoms with Gasteiger partial charge in [0.2, 0.25) is 5.69 Å². The molecule has 0 spiro atoms. The van der Waals surface area contributed by atoms with E-state index in [1.54, 1.807) is 36.5 Å². The first-order valence-electron chi connectivity index (χ1n) is 8.21. The number of carbonyl (C=O) groups is 1. The second-order valence-electron chi connectivity index (χ2n) is 5.79. The fraction of sp³-hybridized carbons (Fsp3) is 0.0526. The minimum atomic E-state index is -0.547. The summed E-state index contributed by atoms with van der Waals surface area (Å²) in [4.78, 5) is 28.0. The van der Waals surface area contributed by atoms with Crippen molar-refractivity contribution in [1.82, 2.24) is 24.7 Å². The Kier molecular flexibility index (Phi) is 4.43. The van der Waals surface area contributed by atoms with Crippen molar-refractivity contribution in [3.63, 3.8) is 0 Å². The van der Waals surface area contributed by atoms with Gasteiger partial charge in [0.25, 0.3) is 5.91 Å². The van der Waals surface area contributed by atoms with Crippen molar-refractivity contribution >= 4 is 28.4 Å². The third kappa shape index (κ3) is 3.14. The quantitative estimate of drug-likeness (QED) is 0.555. The van der Waals surface area contributed by atoms with Crippen molar-refractivity contribution < 1.29 is 9.18 Å². The van der Waals surface area contributed by atoms with Crippen molar-refractivity contribution in [2.45, 2.75) is 6.54 Å². The van der Waals surface area contributed by atoms with Crippen LogP contribution in [0.5, 0.6) is 0 Å². The van der Waals surface area contributed by atoms with Crippen molar-refractivity contribution in [3.05, 3.63) is 83.6 Å². The zero-order valence-corrected chi connectivity index (χ0v) is 14.4. The van der Waals surface area contributed by atoms with Gasteiger partial charge < -0.3 is 5.32 Å². The van der Waals surface area contributed by atoms with Crippen molar-refractivity contribution in [3.8, 4) is 0 Å². The lowest BCUT2D eigenvalue weighted by molar-refractivity contribution is 0.102. The van der Waals surface area contributed by atoms with E-state index < -0.39 is 5.91 Å². The molecule has 0 bridgehead atoms. The number of nitrogens with one attached hydrogen (secondary N) is 1. The molecule has 4 rings (SSSR count). The molecule has 4 aromatic rings. The smallest absolute Gasteiger partial charge is 0.277 e. The SMILES string of the molecule is [C-]#[N+]c1cncnc1NC(=O)c1nn(Cc2ccccc2F)c2ncccc12. The molecule has 0 fully saturated rings. The van der Waals surface area contributed by atoms with Gasteiger partial charge in [0.15, 0.2) is 11.3 Å². The molecule has 0 aliphatic rings. The number of nitrogens with zero attached hydrogens (tertiary/aromatic N) is 6. The Hall–Kier alpha value is -4.19. The molecule has 3 aromatic heterocycles. The number of carbonyl (C=O) groups excluding carboxylic acids is 1. The zero-order chi connectivity index (χ0) is 19.5. The van der Waals surface area contributed by atoms with E-state index in [9.17, 15) is 9.18 Å². The summed E-state index contributed by atoms with van der Waals surface area (Å²) in [6.07, 6.45) is 4.12. The topological polar surface area (TPSA) is 90.0 Å². The molecule has 0 unspecified atom stereocenters. The lowest BCUT2D eigenvalue weighted by atomic mass is 10.2. The maximum absolute atomic E-state index is 14.0. The molecule has 136 valence electrons. The largest absolute Gasteiger partial charge is 0.314 e. The number of aromatic nitrogens is 5. The molecule has 0 atom stereocenters. The van der Waals surface area contributed by atoms with Crippen LogP contribution in [0.2, 0.25) is 0 Å². The van der Waals surface area contributed by atoms with Crippen molar-refractivity contribution in [2.75, 3.05) is 5.32 Å². The van der Waals surface area contributed by atoms with E-state index in [4.69, 9.17) is 6.57 Å². The van der Waals surface area contributed by atoms with Gasteiger partial charge in [-0.3, -0.25) is 9.78 Å². The molecule has 0 saturated heterocycles. The first kappa shape index (κ1) is 17.2. The first-order valence-corrected chi connectivity index (χ1v) is 8.21. The van der Waals surface area contributed by atoms with Crippen LogP contribution in [-0.2, 0) is 6.54 Å². The normalized spacial score (nSPS) is 10.6. The van der Waals surface area contributed by atoms with Crippen LogP contribution in [0.15, 0.2) is 55.1 Å². The molecule has 9 heteroatoms. The van der Waals surface area contributed by atoms with Gasteiger partial charge in [-0.1, -0.05) is 18.2 Å². The second kappa shape index (κ2) is 7.20. The summed E-state index contributed by atoms with van der Waals surface area (Å²) in [6.45, 7) is 7.26. The van der Waals surface area contributed by atoms with Gasteiger partial charge in [-0.15, -0.1) is 0 Å². The van der Waals surface area contributed by atoms with Crippen molar-refractivity contribution in [1.29, 1.82) is 0 Å². The molecule has 1 N–H and O–H groups in total. The van der Waals surface area contributed by atoms with Gasteiger partial charge >= 0.3 is 0 Å². The standard InChI is InChI=1S/C19H12FN7O/c1-21-15-9-22-11-24-17(15)25-19(28)16-13-6-4-8-23-18(13)27(26-16)10-12-5-2-3-7-14(12)20/h2-9,11H,10H2,(H,22,24,25,28). The summed E-state index contributed by atoms with van der Waals surface area (Å²) in [5, 5.41) is 7.42. The monoisotopic (exact) mass is 373 g/mol. The number of hydrogen-bond acceptors (Lipinski definition) is 5. The molecule has 0 aliphatic carbocycles. The molecular weight excluding hydrogens is 361 g/mol. The number of benzene rings is 1. The van der Waals surface area contributed by atoms with Crippen LogP contribution in [0.1, 0.15) is 16.1 Å². The summed E-state index contributed by atoms with van der Waals surface area (Å²) in [6, 6.07) is 9.73. The Morgan fingerprint density at radius 3 is 2.89 bits per heavy atom. The molecule has 0 saturated carbocycles. The Bertz CT molecular complexity index is 1230. The van der Waals surface area contributed by atoms with Crippen LogP contribution in [0.3, 0.4) is 0 Å². The van der Waals surface area contributed by atoms with E-state index in [-0.39, 0.29) is 29.6 Å². The highest BCUT2D eigenvalue weighted by Crippen LogP contribution is 2.23. The van der Waals surface area contributed by atoms with Crippen LogP contribution < -0.4 is 5.32 Å². The Morgan fingerprint density at radius 2 is 2.07 bits per heavy atom. The van der Waals surface area contributed by atoms with Crippen LogP contribution >= 0.6 is 0 Å². The third-order valence-corrected chi connectivity index (χ3v) is 4.05. The molecule has 28 heavy (non-hydrogen) atoms. The first-order chi connectivity index (χ1) is 13.7. The summed E-state index contributed by atoms with van der Waals surface area (Å²) >= 11 is 0. The maximum atomic E-state index is 14.0. The highest BCUT2D eigenvalue weighted by Gasteiger charge is 2.20. The van der Waals surface area contributed by atoms with E-state index >= 15 is 0 Å². The maximum Gasteiger partial charge on any atom is 0.277 e. The molecule has 8 nitrogen and oxygen atoms in total. The highest BCUT2D eigenvalue weighted by atomic mass is 19.1. The minimum absolute atomic E-state index is 0.0932. The Morgan fingerprint density at radius 1 is 1.21 bits per heavy atom. The molecule has 0 radical (unpaired) electrons. The average molecular weight is 373 g/mol. The van der Waals surface area contributed by atoms with Crippen LogP contribution in [0.25, 0.3) is 15.9 Å². The average Bonchev–Trinajstić information content (AvgIpc) is 3.09. The van der Waals surface area contributed by atoms with E-state index in [1.807, 2.05) is 0 Å². The predicted octanol–water partition coefficient (Wildman–Crippen LogP) is 3.21. The molecule has 0 aliphatic heterocycles. The number of fused-ring (bicyclic) bond motifs is 1. The summed E-state index contributed by atoms with van der Waals surface area (Å²) in [7, 11) is 0. The molecule has 1 aromatic carbocycles. The van der Waals surface area contributed by atoms with E-state index in [0.717, 1.165) is 0 Å². The van der Waals surface area contributed by atoms with Gasteiger partial charge in [0, 0.05) is 18.0 Å². The van der Waals surface area contributed by atoms with Gasteiger partial charge in [0.1, 0.15) is 18.0 Å². The zero-order valence-electron chi connectivity index (χ0n) is 14.4. The number of hydrogen-bond donors (Lipinski definition) is 1. The van der Waals surface area contributed by atoms with Gasteiger partial charge in [-0.2, -0.15) is 5.10 Å². The Labute approximate surface area is 158 Å². The molecular formula is C19H12FN7O. The predicted molar refractivity (Wildman–Crippen MR) is 99.3 cm³/mol. The van der Waals surface area contributed by atoms with Crippen LogP contribution in [-0.4, -0.2) is 30.6 Å². The molecule has 3 heterocycles. The van der Waals surface area contributed by atoms with Crippen LogP contribution in [0.4, 0.5) is 15.9 Å². The van der Waals surface area contributed by atoms with Gasteiger partial charge in [-0.05, 0) is 18.2 Å².